The monoisotopic (exact) mass is 251 g/mol. The molecule has 2 atom stereocenters. The fraction of sp³-hybridized carbons (Fsp3) is 0.800. The maximum absolute atomic E-state index is 11.5. The first-order chi connectivity index (χ1) is 8.76. The average molecular weight is 251 g/mol. The van der Waals surface area contributed by atoms with Gasteiger partial charge in [0.25, 0.3) is 0 Å². The van der Waals surface area contributed by atoms with Crippen molar-refractivity contribution in [2.24, 2.45) is 5.92 Å². The molecule has 1 saturated carbocycles. The lowest BCUT2D eigenvalue weighted by Gasteiger charge is -2.31. The number of hydrogen-bond donors (Lipinski definition) is 0. The molecule has 0 radical (unpaired) electrons. The third kappa shape index (κ3) is 2.94. The van der Waals surface area contributed by atoms with E-state index >= 15 is 0 Å². The molecule has 1 heterocycles. The van der Waals surface area contributed by atoms with E-state index in [0.29, 0.717) is 0 Å². The van der Waals surface area contributed by atoms with Crippen LogP contribution in [0, 0.1) is 5.92 Å². The van der Waals surface area contributed by atoms with Crippen molar-refractivity contribution in [2.75, 3.05) is 20.2 Å². The van der Waals surface area contributed by atoms with Crippen LogP contribution in [0.15, 0.2) is 11.6 Å². The second-order valence-corrected chi connectivity index (χ2v) is 5.47. The first-order valence-corrected chi connectivity index (χ1v) is 7.27. The van der Waals surface area contributed by atoms with Gasteiger partial charge in [-0.05, 0) is 38.1 Å². The molecule has 0 bridgehead atoms. The molecule has 2 unspecified atom stereocenters. The summed E-state index contributed by atoms with van der Waals surface area (Å²) in [5.74, 6) is 0.743. The maximum atomic E-state index is 11.5. The lowest BCUT2D eigenvalue weighted by Crippen LogP contribution is -2.35. The number of rotatable bonds is 4. The summed E-state index contributed by atoms with van der Waals surface area (Å²) in [5.41, 5.74) is 0.816. The standard InChI is InChI=1S/C15H25NO2/c1-3-12(15(17)18-2)8-10-16-11-9-13-6-4-5-7-14(13)16/h8,13-14H,3-7,9-11H2,1-2H3. The molecule has 3 heteroatoms. The highest BCUT2D eigenvalue weighted by molar-refractivity contribution is 5.88. The van der Waals surface area contributed by atoms with Gasteiger partial charge >= 0.3 is 5.97 Å². The van der Waals surface area contributed by atoms with Gasteiger partial charge in [0, 0.05) is 18.2 Å². The van der Waals surface area contributed by atoms with Crippen molar-refractivity contribution in [3.05, 3.63) is 11.6 Å². The molecule has 1 saturated heterocycles. The quantitative estimate of drug-likeness (QED) is 0.568. The summed E-state index contributed by atoms with van der Waals surface area (Å²) in [6, 6.07) is 0.769. The minimum absolute atomic E-state index is 0.170. The zero-order valence-electron chi connectivity index (χ0n) is 11.7. The van der Waals surface area contributed by atoms with E-state index in [9.17, 15) is 4.79 Å². The van der Waals surface area contributed by atoms with Gasteiger partial charge in [0.2, 0.25) is 0 Å². The van der Waals surface area contributed by atoms with Crippen molar-refractivity contribution >= 4 is 5.97 Å². The molecular formula is C15H25NO2. The predicted molar refractivity (Wildman–Crippen MR) is 72.3 cm³/mol. The van der Waals surface area contributed by atoms with Crippen molar-refractivity contribution in [3.63, 3.8) is 0 Å². The fourth-order valence-corrected chi connectivity index (χ4v) is 3.46. The summed E-state index contributed by atoms with van der Waals surface area (Å²) in [6.45, 7) is 4.12. The molecule has 3 nitrogen and oxygen atoms in total. The van der Waals surface area contributed by atoms with Crippen LogP contribution < -0.4 is 0 Å². The van der Waals surface area contributed by atoms with Gasteiger partial charge in [-0.2, -0.15) is 0 Å². The molecule has 0 spiro atoms. The molecule has 102 valence electrons. The van der Waals surface area contributed by atoms with Crippen LogP contribution >= 0.6 is 0 Å². The number of fused-ring (bicyclic) bond motifs is 1. The Morgan fingerprint density at radius 2 is 2.11 bits per heavy atom. The van der Waals surface area contributed by atoms with Crippen LogP contribution in [0.4, 0.5) is 0 Å². The summed E-state index contributed by atoms with van der Waals surface area (Å²) < 4.78 is 4.80. The molecule has 18 heavy (non-hydrogen) atoms. The van der Waals surface area contributed by atoms with E-state index in [1.54, 1.807) is 0 Å². The second-order valence-electron chi connectivity index (χ2n) is 5.47. The van der Waals surface area contributed by atoms with Crippen LogP contribution in [-0.2, 0) is 9.53 Å². The SMILES string of the molecule is CCC(=CCN1CCC2CCCCC21)C(=O)OC. The van der Waals surface area contributed by atoms with E-state index in [4.69, 9.17) is 4.74 Å². The summed E-state index contributed by atoms with van der Waals surface area (Å²) in [4.78, 5) is 14.1. The third-order valence-corrected chi connectivity index (χ3v) is 4.53. The topological polar surface area (TPSA) is 29.5 Å². The number of carbonyl (C=O) groups excluding carboxylic acids is 1. The van der Waals surface area contributed by atoms with Crippen LogP contribution in [0.1, 0.15) is 45.4 Å². The highest BCUT2D eigenvalue weighted by atomic mass is 16.5. The molecule has 1 aliphatic heterocycles. The van der Waals surface area contributed by atoms with Crippen LogP contribution in [0.25, 0.3) is 0 Å². The van der Waals surface area contributed by atoms with Gasteiger partial charge < -0.3 is 4.74 Å². The van der Waals surface area contributed by atoms with E-state index in [1.807, 2.05) is 6.92 Å². The number of hydrogen-bond acceptors (Lipinski definition) is 3. The molecule has 0 N–H and O–H groups in total. The van der Waals surface area contributed by atoms with Crippen LogP contribution in [-0.4, -0.2) is 37.1 Å². The van der Waals surface area contributed by atoms with Gasteiger partial charge in [-0.3, -0.25) is 4.90 Å². The molecule has 2 aliphatic rings. The zero-order valence-corrected chi connectivity index (χ0v) is 11.7. The first-order valence-electron chi connectivity index (χ1n) is 7.27. The molecule has 0 aromatic heterocycles. The molecule has 1 aliphatic carbocycles. The van der Waals surface area contributed by atoms with Crippen molar-refractivity contribution in [1.29, 1.82) is 0 Å². The van der Waals surface area contributed by atoms with E-state index < -0.39 is 0 Å². The average Bonchev–Trinajstić information content (AvgIpc) is 2.82. The Balaban J connectivity index is 1.93. The van der Waals surface area contributed by atoms with E-state index in [-0.39, 0.29) is 5.97 Å². The van der Waals surface area contributed by atoms with Gasteiger partial charge in [0.15, 0.2) is 0 Å². The lowest BCUT2D eigenvalue weighted by atomic mass is 9.85. The van der Waals surface area contributed by atoms with Crippen molar-refractivity contribution < 1.29 is 9.53 Å². The van der Waals surface area contributed by atoms with Gasteiger partial charge in [-0.1, -0.05) is 25.8 Å². The van der Waals surface area contributed by atoms with Crippen LogP contribution in [0.2, 0.25) is 0 Å². The van der Waals surface area contributed by atoms with Gasteiger partial charge in [-0.15, -0.1) is 0 Å². The van der Waals surface area contributed by atoms with Gasteiger partial charge in [0.1, 0.15) is 0 Å². The summed E-state index contributed by atoms with van der Waals surface area (Å²) in [6.07, 6.45) is 9.71. The Hall–Kier alpha value is -0.830. The minimum Gasteiger partial charge on any atom is -0.466 e. The Labute approximate surface area is 110 Å². The van der Waals surface area contributed by atoms with Gasteiger partial charge in [0.05, 0.1) is 7.11 Å². The van der Waals surface area contributed by atoms with Crippen molar-refractivity contribution in [1.82, 2.24) is 4.90 Å². The number of carbonyl (C=O) groups is 1. The number of likely N-dealkylation sites (tertiary alicyclic amines) is 1. The molecule has 0 aromatic rings. The van der Waals surface area contributed by atoms with Crippen LogP contribution in [0.3, 0.4) is 0 Å². The number of methoxy groups -OCH3 is 1. The largest absolute Gasteiger partial charge is 0.466 e. The number of nitrogens with zero attached hydrogens (tertiary/aromatic N) is 1. The van der Waals surface area contributed by atoms with Crippen LogP contribution in [0.5, 0.6) is 0 Å². The first kappa shape index (κ1) is 13.6. The number of ether oxygens (including phenoxy) is 1. The Morgan fingerprint density at radius 3 is 2.83 bits per heavy atom. The normalized spacial score (nSPS) is 29.1. The lowest BCUT2D eigenvalue weighted by molar-refractivity contribution is -0.136. The summed E-state index contributed by atoms with van der Waals surface area (Å²) in [5, 5.41) is 0. The molecule has 2 rings (SSSR count). The van der Waals surface area contributed by atoms with Crippen molar-refractivity contribution in [2.45, 2.75) is 51.5 Å². The third-order valence-electron chi connectivity index (χ3n) is 4.53. The summed E-state index contributed by atoms with van der Waals surface area (Å²) >= 11 is 0. The van der Waals surface area contributed by atoms with Crippen molar-refractivity contribution in [3.8, 4) is 0 Å². The molecule has 2 fully saturated rings. The highest BCUT2D eigenvalue weighted by Crippen LogP contribution is 2.35. The Kier molecular flexibility index (Phi) is 4.81. The molecule has 0 amide bonds. The van der Waals surface area contributed by atoms with E-state index in [0.717, 1.165) is 30.5 Å². The number of esters is 1. The predicted octanol–water partition coefficient (Wildman–Crippen LogP) is 2.76. The zero-order chi connectivity index (χ0) is 13.0. The summed E-state index contributed by atoms with van der Waals surface area (Å²) in [7, 11) is 1.46. The Bertz CT molecular complexity index is 324. The van der Waals surface area contributed by atoms with Gasteiger partial charge in [-0.25, -0.2) is 4.79 Å². The van der Waals surface area contributed by atoms with E-state index in [1.165, 1.54) is 45.8 Å². The highest BCUT2D eigenvalue weighted by Gasteiger charge is 2.34. The minimum atomic E-state index is -0.170. The molecular weight excluding hydrogens is 226 g/mol. The molecule has 0 aromatic carbocycles. The maximum Gasteiger partial charge on any atom is 0.333 e. The second kappa shape index (κ2) is 6.37. The smallest absolute Gasteiger partial charge is 0.333 e. The Morgan fingerprint density at radius 1 is 1.33 bits per heavy atom. The van der Waals surface area contributed by atoms with E-state index in [2.05, 4.69) is 11.0 Å². The fourth-order valence-electron chi connectivity index (χ4n) is 3.46.